The lowest BCUT2D eigenvalue weighted by Crippen LogP contribution is -2.43. The lowest BCUT2D eigenvalue weighted by molar-refractivity contribution is -0.125. The van der Waals surface area contributed by atoms with Gasteiger partial charge in [0.05, 0.1) is 12.2 Å². The molecule has 0 unspecified atom stereocenters. The number of hydrogen-bond donors (Lipinski definition) is 2. The molecule has 0 aliphatic carbocycles. The van der Waals surface area contributed by atoms with Crippen LogP contribution in [0, 0.1) is 5.92 Å². The number of anilines is 1. The summed E-state index contributed by atoms with van der Waals surface area (Å²) in [5.74, 6) is 0.828. The molecule has 1 fully saturated rings. The van der Waals surface area contributed by atoms with Crippen LogP contribution in [0.5, 0.6) is 0 Å². The number of nitrogens with one attached hydrogen (secondary N) is 2. The molecular formula is C17H19N7O. The molecule has 0 spiro atoms. The summed E-state index contributed by atoms with van der Waals surface area (Å²) in [5.41, 5.74) is 2.46. The van der Waals surface area contributed by atoms with Crippen molar-refractivity contribution in [1.82, 2.24) is 30.2 Å². The van der Waals surface area contributed by atoms with Crippen LogP contribution in [0.2, 0.25) is 0 Å². The van der Waals surface area contributed by atoms with Crippen molar-refractivity contribution < 1.29 is 4.79 Å². The van der Waals surface area contributed by atoms with Gasteiger partial charge in [0.25, 0.3) is 0 Å². The second-order valence-electron chi connectivity index (χ2n) is 6.16. The number of piperidine rings is 1. The predicted molar refractivity (Wildman–Crippen MR) is 92.7 cm³/mol. The summed E-state index contributed by atoms with van der Waals surface area (Å²) in [4.78, 5) is 34.6. The number of aromatic amines is 1. The largest absolute Gasteiger partial charge is 0.354 e. The molecule has 25 heavy (non-hydrogen) atoms. The molecule has 1 saturated heterocycles. The SMILES string of the molecule is O=C(NCc1cccnc1)[C@H]1CCCN(c2ncnc3nc[nH]c23)C1. The first-order chi connectivity index (χ1) is 12.3. The van der Waals surface area contributed by atoms with E-state index in [0.29, 0.717) is 18.7 Å². The highest BCUT2D eigenvalue weighted by molar-refractivity contribution is 5.84. The number of nitrogens with zero attached hydrogens (tertiary/aromatic N) is 5. The average Bonchev–Trinajstić information content (AvgIpc) is 3.16. The maximum Gasteiger partial charge on any atom is 0.225 e. The number of fused-ring (bicyclic) bond motifs is 1. The molecule has 2 N–H and O–H groups in total. The van der Waals surface area contributed by atoms with Gasteiger partial charge in [0.2, 0.25) is 5.91 Å². The highest BCUT2D eigenvalue weighted by Crippen LogP contribution is 2.25. The maximum atomic E-state index is 12.6. The molecule has 1 atom stereocenters. The van der Waals surface area contributed by atoms with Crippen LogP contribution in [-0.2, 0) is 11.3 Å². The Morgan fingerprint density at radius 3 is 3.20 bits per heavy atom. The van der Waals surface area contributed by atoms with Crippen molar-refractivity contribution in [2.24, 2.45) is 5.92 Å². The maximum absolute atomic E-state index is 12.6. The Morgan fingerprint density at radius 1 is 1.36 bits per heavy atom. The van der Waals surface area contributed by atoms with Gasteiger partial charge in [-0.1, -0.05) is 6.07 Å². The van der Waals surface area contributed by atoms with Gasteiger partial charge < -0.3 is 15.2 Å². The summed E-state index contributed by atoms with van der Waals surface area (Å²) < 4.78 is 0. The Balaban J connectivity index is 1.44. The number of hydrogen-bond acceptors (Lipinski definition) is 6. The fourth-order valence-corrected chi connectivity index (χ4v) is 3.21. The number of rotatable bonds is 4. The van der Waals surface area contributed by atoms with Crippen LogP contribution in [0.15, 0.2) is 37.2 Å². The van der Waals surface area contributed by atoms with Crippen LogP contribution < -0.4 is 10.2 Å². The Bertz CT molecular complexity index is 864. The standard InChI is InChI=1S/C17H19N7O/c25-17(19-8-12-3-1-5-18-7-12)13-4-2-6-24(9-13)16-14-15(21-10-20-14)22-11-23-16/h1,3,5,7,10-11,13H,2,4,6,8-9H2,(H,19,25)(H,20,21,22,23)/t13-/m0/s1. The summed E-state index contributed by atoms with van der Waals surface area (Å²) in [6.45, 7) is 2.02. The van der Waals surface area contributed by atoms with Crippen molar-refractivity contribution in [3.8, 4) is 0 Å². The first kappa shape index (κ1) is 15.5. The minimum atomic E-state index is -0.0571. The molecule has 0 bridgehead atoms. The second-order valence-corrected chi connectivity index (χ2v) is 6.16. The predicted octanol–water partition coefficient (Wildman–Crippen LogP) is 1.28. The number of carbonyl (C=O) groups is 1. The molecule has 0 aromatic carbocycles. The third kappa shape index (κ3) is 3.28. The Hall–Kier alpha value is -3.03. The number of pyridine rings is 1. The van der Waals surface area contributed by atoms with Gasteiger partial charge in [-0.2, -0.15) is 0 Å². The summed E-state index contributed by atoms with van der Waals surface area (Å²) in [5, 5.41) is 3.01. The van der Waals surface area contributed by atoms with Gasteiger partial charge in [0.1, 0.15) is 11.8 Å². The van der Waals surface area contributed by atoms with E-state index < -0.39 is 0 Å². The lowest BCUT2D eigenvalue weighted by atomic mass is 9.97. The topological polar surface area (TPSA) is 99.7 Å². The quantitative estimate of drug-likeness (QED) is 0.744. The van der Waals surface area contributed by atoms with E-state index in [0.717, 1.165) is 36.3 Å². The van der Waals surface area contributed by atoms with Crippen LogP contribution in [0.25, 0.3) is 11.2 Å². The van der Waals surface area contributed by atoms with E-state index in [1.54, 1.807) is 18.7 Å². The van der Waals surface area contributed by atoms with E-state index in [-0.39, 0.29) is 11.8 Å². The number of aromatic nitrogens is 5. The van der Waals surface area contributed by atoms with E-state index in [1.807, 2.05) is 12.1 Å². The minimum Gasteiger partial charge on any atom is -0.354 e. The molecular weight excluding hydrogens is 318 g/mol. The van der Waals surface area contributed by atoms with Gasteiger partial charge in [0.15, 0.2) is 11.5 Å². The molecule has 3 aromatic heterocycles. The highest BCUT2D eigenvalue weighted by Gasteiger charge is 2.27. The van der Waals surface area contributed by atoms with Crippen molar-refractivity contribution in [2.75, 3.05) is 18.0 Å². The van der Waals surface area contributed by atoms with Gasteiger partial charge in [-0.25, -0.2) is 15.0 Å². The van der Waals surface area contributed by atoms with E-state index in [1.165, 1.54) is 6.33 Å². The van der Waals surface area contributed by atoms with Crippen LogP contribution in [0.3, 0.4) is 0 Å². The Labute approximate surface area is 144 Å². The molecule has 1 aliphatic heterocycles. The molecule has 0 saturated carbocycles. The monoisotopic (exact) mass is 337 g/mol. The normalized spacial score (nSPS) is 17.6. The molecule has 1 amide bonds. The summed E-state index contributed by atoms with van der Waals surface area (Å²) in [6.07, 6.45) is 8.46. The molecule has 3 aromatic rings. The average molecular weight is 337 g/mol. The zero-order chi connectivity index (χ0) is 17.1. The van der Waals surface area contributed by atoms with Crippen LogP contribution >= 0.6 is 0 Å². The number of carbonyl (C=O) groups excluding carboxylic acids is 1. The van der Waals surface area contributed by atoms with Crippen LogP contribution in [0.4, 0.5) is 5.82 Å². The fraction of sp³-hybridized carbons (Fsp3) is 0.353. The molecule has 4 heterocycles. The van der Waals surface area contributed by atoms with E-state index >= 15 is 0 Å². The van der Waals surface area contributed by atoms with Gasteiger partial charge in [-0.15, -0.1) is 0 Å². The van der Waals surface area contributed by atoms with Gasteiger partial charge >= 0.3 is 0 Å². The molecule has 128 valence electrons. The first-order valence-electron chi connectivity index (χ1n) is 8.37. The summed E-state index contributed by atoms with van der Waals surface area (Å²) in [7, 11) is 0. The zero-order valence-electron chi connectivity index (χ0n) is 13.7. The Kier molecular flexibility index (Phi) is 4.24. The molecule has 8 heteroatoms. The second kappa shape index (κ2) is 6.84. The van der Waals surface area contributed by atoms with Crippen LogP contribution in [-0.4, -0.2) is 43.9 Å². The van der Waals surface area contributed by atoms with E-state index in [2.05, 4.69) is 35.1 Å². The van der Waals surface area contributed by atoms with Crippen molar-refractivity contribution in [3.05, 3.63) is 42.7 Å². The van der Waals surface area contributed by atoms with Crippen molar-refractivity contribution in [2.45, 2.75) is 19.4 Å². The molecule has 1 aliphatic rings. The summed E-state index contributed by atoms with van der Waals surface area (Å²) in [6, 6.07) is 3.82. The third-order valence-electron chi connectivity index (χ3n) is 4.48. The van der Waals surface area contributed by atoms with Gasteiger partial charge in [-0.05, 0) is 24.5 Å². The molecule has 8 nitrogen and oxygen atoms in total. The smallest absolute Gasteiger partial charge is 0.225 e. The van der Waals surface area contributed by atoms with E-state index in [9.17, 15) is 4.79 Å². The molecule has 4 rings (SSSR count). The van der Waals surface area contributed by atoms with Crippen molar-refractivity contribution in [3.63, 3.8) is 0 Å². The lowest BCUT2D eigenvalue weighted by Gasteiger charge is -2.32. The fourth-order valence-electron chi connectivity index (χ4n) is 3.21. The van der Waals surface area contributed by atoms with Crippen molar-refractivity contribution in [1.29, 1.82) is 0 Å². The third-order valence-corrected chi connectivity index (χ3v) is 4.48. The number of amides is 1. The number of imidazole rings is 1. The van der Waals surface area contributed by atoms with Crippen LogP contribution in [0.1, 0.15) is 18.4 Å². The number of H-pyrrole nitrogens is 1. The van der Waals surface area contributed by atoms with Gasteiger partial charge in [0, 0.05) is 32.0 Å². The Morgan fingerprint density at radius 2 is 2.32 bits per heavy atom. The summed E-state index contributed by atoms with van der Waals surface area (Å²) >= 11 is 0. The highest BCUT2D eigenvalue weighted by atomic mass is 16.1. The first-order valence-corrected chi connectivity index (χ1v) is 8.37. The minimum absolute atomic E-state index is 0.0571. The zero-order valence-corrected chi connectivity index (χ0v) is 13.7. The van der Waals surface area contributed by atoms with Crippen molar-refractivity contribution >= 4 is 22.9 Å². The molecule has 0 radical (unpaired) electrons. The van der Waals surface area contributed by atoms with Gasteiger partial charge in [-0.3, -0.25) is 9.78 Å². The van der Waals surface area contributed by atoms with E-state index in [4.69, 9.17) is 0 Å².